The highest BCUT2D eigenvalue weighted by atomic mass is 16.5. The van der Waals surface area contributed by atoms with Gasteiger partial charge in [-0.3, -0.25) is 14.5 Å². The number of imide groups is 1. The van der Waals surface area contributed by atoms with Crippen LogP contribution in [0.2, 0.25) is 0 Å². The first-order chi connectivity index (χ1) is 15.4. The van der Waals surface area contributed by atoms with Crippen LogP contribution in [-0.4, -0.2) is 74.8 Å². The van der Waals surface area contributed by atoms with Crippen LogP contribution in [0.1, 0.15) is 52.0 Å². The number of nitrogens with zero attached hydrogens (tertiary/aromatic N) is 2. The van der Waals surface area contributed by atoms with Gasteiger partial charge in [0.15, 0.2) is 0 Å². The van der Waals surface area contributed by atoms with E-state index in [-0.39, 0.29) is 17.9 Å². The second-order valence-corrected chi connectivity index (χ2v) is 8.21. The van der Waals surface area contributed by atoms with Crippen LogP contribution in [0.15, 0.2) is 30.0 Å². The topological polar surface area (TPSA) is 68.3 Å². The summed E-state index contributed by atoms with van der Waals surface area (Å²) in [5, 5.41) is 0. The molecule has 0 atom stereocenters. The highest BCUT2D eigenvalue weighted by Gasteiger charge is 2.41. The van der Waals surface area contributed by atoms with Gasteiger partial charge >= 0.3 is 0 Å². The Morgan fingerprint density at radius 1 is 0.906 bits per heavy atom. The Morgan fingerprint density at radius 2 is 1.53 bits per heavy atom. The summed E-state index contributed by atoms with van der Waals surface area (Å²) in [4.78, 5) is 30.2. The fourth-order valence-electron chi connectivity index (χ4n) is 3.73. The highest BCUT2D eigenvalue weighted by molar-refractivity contribution is 6.35. The highest BCUT2D eigenvalue weighted by Crippen LogP contribution is 2.33. The zero-order valence-electron chi connectivity index (χ0n) is 20.2. The Kier molecular flexibility index (Phi) is 10.7. The molecule has 32 heavy (non-hydrogen) atoms. The molecule has 0 bridgehead atoms. The number of methoxy groups -OCH3 is 2. The van der Waals surface area contributed by atoms with E-state index in [2.05, 4.69) is 6.92 Å². The van der Waals surface area contributed by atoms with Crippen molar-refractivity contribution in [3.05, 3.63) is 35.5 Å². The molecular formula is C25H38N2O5. The molecule has 0 fully saturated rings. The molecule has 0 radical (unpaired) electrons. The maximum atomic E-state index is 13.4. The number of rotatable bonds is 15. The molecule has 0 aliphatic carbocycles. The van der Waals surface area contributed by atoms with E-state index in [0.29, 0.717) is 49.7 Å². The van der Waals surface area contributed by atoms with E-state index in [0.717, 1.165) is 31.4 Å². The maximum absolute atomic E-state index is 13.4. The lowest BCUT2D eigenvalue weighted by Crippen LogP contribution is -2.38. The van der Waals surface area contributed by atoms with E-state index in [1.807, 2.05) is 43.0 Å². The lowest BCUT2D eigenvalue weighted by molar-refractivity contribution is -0.137. The first kappa shape index (κ1) is 25.9. The minimum atomic E-state index is -0.240. The zero-order chi connectivity index (χ0) is 23.5. The van der Waals surface area contributed by atoms with Gasteiger partial charge in [0.05, 0.1) is 24.9 Å². The largest absolute Gasteiger partial charge is 0.491 e. The molecule has 0 saturated heterocycles. The lowest BCUT2D eigenvalue weighted by atomic mass is 10.0. The molecule has 1 aliphatic heterocycles. The van der Waals surface area contributed by atoms with Gasteiger partial charge in [-0.2, -0.15) is 0 Å². The smallest absolute Gasteiger partial charge is 0.277 e. The van der Waals surface area contributed by atoms with Crippen LogP contribution in [0, 0.1) is 0 Å². The number of hydrogen-bond acceptors (Lipinski definition) is 6. The summed E-state index contributed by atoms with van der Waals surface area (Å²) in [7, 11) is 3.25. The van der Waals surface area contributed by atoms with Crippen LogP contribution in [-0.2, 0) is 19.1 Å². The van der Waals surface area contributed by atoms with Gasteiger partial charge < -0.3 is 19.1 Å². The zero-order valence-corrected chi connectivity index (χ0v) is 20.2. The van der Waals surface area contributed by atoms with Crippen molar-refractivity contribution in [3.63, 3.8) is 0 Å². The summed E-state index contributed by atoms with van der Waals surface area (Å²) in [6.07, 6.45) is 4.06. The number of unbranched alkanes of at least 4 members (excludes halogenated alkanes) is 3. The van der Waals surface area contributed by atoms with Crippen LogP contribution in [0.5, 0.6) is 5.75 Å². The Balaban J connectivity index is 2.41. The third kappa shape index (κ3) is 6.81. The molecule has 1 aromatic carbocycles. The molecule has 7 heteroatoms. The van der Waals surface area contributed by atoms with Crippen molar-refractivity contribution >= 4 is 17.4 Å². The lowest BCUT2D eigenvalue weighted by Gasteiger charge is -2.25. The fraction of sp³-hybridized carbons (Fsp3) is 0.600. The monoisotopic (exact) mass is 446 g/mol. The average Bonchev–Trinajstić information content (AvgIpc) is 3.01. The summed E-state index contributed by atoms with van der Waals surface area (Å²) < 4.78 is 16.2. The second-order valence-electron chi connectivity index (χ2n) is 8.21. The van der Waals surface area contributed by atoms with Crippen LogP contribution in [0.4, 0.5) is 0 Å². The van der Waals surface area contributed by atoms with Crippen molar-refractivity contribution < 1.29 is 23.8 Å². The maximum Gasteiger partial charge on any atom is 0.277 e. The second kappa shape index (κ2) is 13.2. The fourth-order valence-corrected chi connectivity index (χ4v) is 3.73. The summed E-state index contributed by atoms with van der Waals surface area (Å²) in [5.74, 6) is 0.254. The summed E-state index contributed by atoms with van der Waals surface area (Å²) in [6.45, 7) is 8.38. The molecule has 178 valence electrons. The number of carbonyl (C=O) groups is 2. The molecule has 0 N–H and O–H groups in total. The first-order valence-electron chi connectivity index (χ1n) is 11.5. The van der Waals surface area contributed by atoms with Crippen molar-refractivity contribution in [1.82, 2.24) is 9.80 Å². The van der Waals surface area contributed by atoms with Gasteiger partial charge in [0.1, 0.15) is 11.4 Å². The number of benzene rings is 1. The quantitative estimate of drug-likeness (QED) is 0.302. The number of ether oxygens (including phenoxy) is 3. The molecule has 1 aromatic rings. The van der Waals surface area contributed by atoms with Crippen LogP contribution < -0.4 is 4.74 Å². The minimum absolute atomic E-state index is 0.0579. The van der Waals surface area contributed by atoms with E-state index in [4.69, 9.17) is 14.2 Å². The van der Waals surface area contributed by atoms with Crippen molar-refractivity contribution in [2.45, 2.75) is 52.6 Å². The SMILES string of the molecule is CCCCCCN1C(=O)C(c2ccc(OC(C)C)cc2)=C(N(CCOC)CCOC)C1=O. The van der Waals surface area contributed by atoms with E-state index in [1.165, 1.54) is 4.90 Å². The van der Waals surface area contributed by atoms with E-state index >= 15 is 0 Å². The van der Waals surface area contributed by atoms with Gasteiger partial charge in [-0.15, -0.1) is 0 Å². The van der Waals surface area contributed by atoms with Gasteiger partial charge in [-0.05, 0) is 38.0 Å². The number of carbonyl (C=O) groups excluding carboxylic acids is 2. The number of hydrogen-bond donors (Lipinski definition) is 0. The van der Waals surface area contributed by atoms with Gasteiger partial charge in [-0.25, -0.2) is 0 Å². The first-order valence-corrected chi connectivity index (χ1v) is 11.5. The van der Waals surface area contributed by atoms with Gasteiger partial charge in [-0.1, -0.05) is 38.3 Å². The molecule has 2 rings (SSSR count). The van der Waals surface area contributed by atoms with Crippen LogP contribution >= 0.6 is 0 Å². The molecule has 7 nitrogen and oxygen atoms in total. The normalized spacial score (nSPS) is 14.1. The van der Waals surface area contributed by atoms with Crippen LogP contribution in [0.3, 0.4) is 0 Å². The predicted octanol–water partition coefficient (Wildman–Crippen LogP) is 3.73. The number of amides is 2. The Hall–Kier alpha value is -2.38. The average molecular weight is 447 g/mol. The summed E-state index contributed by atoms with van der Waals surface area (Å²) in [6, 6.07) is 7.39. The molecule has 1 heterocycles. The summed E-state index contributed by atoms with van der Waals surface area (Å²) in [5.41, 5.74) is 1.58. The van der Waals surface area contributed by atoms with Crippen LogP contribution in [0.25, 0.3) is 5.57 Å². The summed E-state index contributed by atoms with van der Waals surface area (Å²) >= 11 is 0. The molecule has 0 unspecified atom stereocenters. The van der Waals surface area contributed by atoms with E-state index in [9.17, 15) is 9.59 Å². The molecule has 1 aliphatic rings. The molecule has 0 spiro atoms. The Morgan fingerprint density at radius 3 is 2.06 bits per heavy atom. The predicted molar refractivity (Wildman–Crippen MR) is 125 cm³/mol. The van der Waals surface area contributed by atoms with Crippen molar-refractivity contribution in [2.75, 3.05) is 47.1 Å². The molecule has 0 saturated carbocycles. The third-order valence-electron chi connectivity index (χ3n) is 5.34. The van der Waals surface area contributed by atoms with Gasteiger partial charge in [0.25, 0.3) is 11.8 Å². The van der Waals surface area contributed by atoms with E-state index < -0.39 is 0 Å². The standard InChI is InChI=1S/C25H38N2O5/c1-6-7-8-9-14-27-24(28)22(20-10-12-21(13-11-20)32-19(2)3)23(25(27)29)26(15-17-30-4)16-18-31-5/h10-13,19H,6-9,14-18H2,1-5H3. The van der Waals surface area contributed by atoms with Gasteiger partial charge in [0.2, 0.25) is 0 Å². The molecular weight excluding hydrogens is 408 g/mol. The Labute approximate surface area is 192 Å². The Bertz CT molecular complexity index is 765. The molecule has 0 aromatic heterocycles. The third-order valence-corrected chi connectivity index (χ3v) is 5.34. The van der Waals surface area contributed by atoms with E-state index in [1.54, 1.807) is 14.2 Å². The van der Waals surface area contributed by atoms with Crippen molar-refractivity contribution in [2.24, 2.45) is 0 Å². The van der Waals surface area contributed by atoms with Gasteiger partial charge in [0, 0.05) is 33.9 Å². The van der Waals surface area contributed by atoms with Crippen molar-refractivity contribution in [3.8, 4) is 5.75 Å². The minimum Gasteiger partial charge on any atom is -0.491 e. The molecule has 2 amide bonds. The van der Waals surface area contributed by atoms with Crippen molar-refractivity contribution in [1.29, 1.82) is 0 Å².